The fourth-order valence-electron chi connectivity index (χ4n) is 3.10. The van der Waals surface area contributed by atoms with Crippen LogP contribution in [0.15, 0.2) is 24.3 Å². The minimum absolute atomic E-state index is 0.289. The number of aliphatic hydroxyl groups is 1. The summed E-state index contributed by atoms with van der Waals surface area (Å²) in [5, 5.41) is 9.20. The minimum atomic E-state index is -0.289. The molecule has 116 valence electrons. The molecule has 2 rings (SSSR count). The van der Waals surface area contributed by atoms with Crippen molar-refractivity contribution in [2.75, 3.05) is 20.8 Å². The van der Waals surface area contributed by atoms with Crippen molar-refractivity contribution in [2.24, 2.45) is 5.92 Å². The number of hydrogen-bond acceptors (Lipinski definition) is 4. The van der Waals surface area contributed by atoms with Crippen LogP contribution < -0.4 is 0 Å². The molecule has 1 fully saturated rings. The van der Waals surface area contributed by atoms with Crippen molar-refractivity contribution in [1.29, 1.82) is 0 Å². The van der Waals surface area contributed by atoms with E-state index in [4.69, 9.17) is 4.74 Å². The molecule has 1 aromatic carbocycles. The molecule has 1 aromatic rings. The lowest BCUT2D eigenvalue weighted by atomic mass is 9.86. The van der Waals surface area contributed by atoms with Crippen LogP contribution >= 0.6 is 0 Å². The van der Waals surface area contributed by atoms with E-state index < -0.39 is 0 Å². The zero-order valence-corrected chi connectivity index (χ0v) is 12.9. The second-order valence-corrected chi connectivity index (χ2v) is 5.96. The van der Waals surface area contributed by atoms with Gasteiger partial charge >= 0.3 is 5.97 Å². The van der Waals surface area contributed by atoms with E-state index in [1.165, 1.54) is 7.11 Å². The lowest BCUT2D eigenvalue weighted by Gasteiger charge is -2.34. The van der Waals surface area contributed by atoms with Crippen molar-refractivity contribution in [3.63, 3.8) is 0 Å². The summed E-state index contributed by atoms with van der Waals surface area (Å²) in [6.45, 7) is 1.15. The second-order valence-electron chi connectivity index (χ2n) is 5.96. The Labute approximate surface area is 126 Å². The number of hydrogen-bond donors (Lipinski definition) is 1. The van der Waals surface area contributed by atoms with E-state index >= 15 is 0 Å². The summed E-state index contributed by atoms with van der Waals surface area (Å²) in [7, 11) is 3.54. The first kappa shape index (κ1) is 16.0. The molecular weight excluding hydrogens is 266 g/mol. The van der Waals surface area contributed by atoms with Crippen LogP contribution in [0, 0.1) is 5.92 Å². The molecule has 0 unspecified atom stereocenters. The average Bonchev–Trinajstić information content (AvgIpc) is 2.54. The van der Waals surface area contributed by atoms with Gasteiger partial charge in [-0.1, -0.05) is 12.1 Å². The van der Waals surface area contributed by atoms with Gasteiger partial charge in [-0.2, -0.15) is 0 Å². The van der Waals surface area contributed by atoms with Crippen LogP contribution in [0.4, 0.5) is 0 Å². The third kappa shape index (κ3) is 4.29. The number of carbonyl (C=O) groups excluding carboxylic acids is 1. The maximum absolute atomic E-state index is 11.6. The van der Waals surface area contributed by atoms with Gasteiger partial charge in [-0.15, -0.1) is 0 Å². The zero-order valence-electron chi connectivity index (χ0n) is 12.9. The van der Waals surface area contributed by atoms with Crippen molar-refractivity contribution in [3.8, 4) is 0 Å². The normalized spacial score (nSPS) is 22.3. The molecule has 0 bridgehead atoms. The van der Waals surface area contributed by atoms with Gasteiger partial charge < -0.3 is 9.84 Å². The first-order valence-corrected chi connectivity index (χ1v) is 7.62. The Balaban J connectivity index is 1.93. The number of ether oxygens (including phenoxy) is 1. The van der Waals surface area contributed by atoms with Crippen LogP contribution in [0.2, 0.25) is 0 Å². The predicted octanol–water partition coefficient (Wildman–Crippen LogP) is 2.46. The van der Waals surface area contributed by atoms with Gasteiger partial charge in [0.15, 0.2) is 0 Å². The second kappa shape index (κ2) is 7.57. The van der Waals surface area contributed by atoms with E-state index in [9.17, 15) is 9.90 Å². The Kier molecular flexibility index (Phi) is 5.76. The molecule has 21 heavy (non-hydrogen) atoms. The van der Waals surface area contributed by atoms with Crippen molar-refractivity contribution >= 4 is 5.97 Å². The van der Waals surface area contributed by atoms with Crippen molar-refractivity contribution in [3.05, 3.63) is 35.4 Å². The molecule has 0 amide bonds. The van der Waals surface area contributed by atoms with Crippen LogP contribution in [0.5, 0.6) is 0 Å². The summed E-state index contributed by atoms with van der Waals surface area (Å²) >= 11 is 0. The van der Waals surface area contributed by atoms with E-state index in [1.54, 1.807) is 6.07 Å². The summed E-state index contributed by atoms with van der Waals surface area (Å²) in [6, 6.07) is 8.19. The first-order chi connectivity index (χ1) is 10.1. The highest BCUT2D eigenvalue weighted by Crippen LogP contribution is 2.27. The van der Waals surface area contributed by atoms with E-state index in [0.29, 0.717) is 24.1 Å². The molecule has 1 saturated carbocycles. The monoisotopic (exact) mass is 291 g/mol. The Hall–Kier alpha value is -1.39. The Morgan fingerprint density at radius 1 is 1.33 bits per heavy atom. The van der Waals surface area contributed by atoms with Crippen molar-refractivity contribution in [1.82, 2.24) is 4.90 Å². The van der Waals surface area contributed by atoms with Crippen LogP contribution in [-0.4, -0.2) is 42.8 Å². The molecule has 1 N–H and O–H groups in total. The maximum Gasteiger partial charge on any atom is 0.337 e. The van der Waals surface area contributed by atoms with Gasteiger partial charge in [-0.3, -0.25) is 4.90 Å². The number of aliphatic hydroxyl groups excluding tert-OH is 1. The van der Waals surface area contributed by atoms with E-state index in [-0.39, 0.29) is 5.97 Å². The van der Waals surface area contributed by atoms with E-state index in [0.717, 1.165) is 37.8 Å². The molecular formula is C17H25NO3. The van der Waals surface area contributed by atoms with Gasteiger partial charge in [0.2, 0.25) is 0 Å². The predicted molar refractivity (Wildman–Crippen MR) is 82.1 cm³/mol. The molecule has 0 radical (unpaired) electrons. The Bertz CT molecular complexity index is 467. The highest BCUT2D eigenvalue weighted by molar-refractivity contribution is 5.89. The van der Waals surface area contributed by atoms with Crippen LogP contribution in [-0.2, 0) is 11.3 Å². The first-order valence-electron chi connectivity index (χ1n) is 7.62. The lowest BCUT2D eigenvalue weighted by Crippen LogP contribution is -2.35. The molecule has 0 aromatic heterocycles. The summed E-state index contributed by atoms with van der Waals surface area (Å²) in [5.74, 6) is 0.195. The quantitative estimate of drug-likeness (QED) is 0.847. The molecule has 1 aliphatic carbocycles. The summed E-state index contributed by atoms with van der Waals surface area (Å²) in [5.41, 5.74) is 1.73. The largest absolute Gasteiger partial charge is 0.465 e. The van der Waals surface area contributed by atoms with Crippen LogP contribution in [0.25, 0.3) is 0 Å². The minimum Gasteiger partial charge on any atom is -0.465 e. The summed E-state index contributed by atoms with van der Waals surface area (Å²) in [6.07, 6.45) is 4.48. The van der Waals surface area contributed by atoms with Gasteiger partial charge in [0.25, 0.3) is 0 Å². The standard InChI is InChI=1S/C17H25NO3/c1-18(16-8-6-13(12-19)7-9-16)11-14-4-3-5-15(10-14)17(20)21-2/h3-5,10,13,16,19H,6-9,11-12H2,1-2H3. The van der Waals surface area contributed by atoms with Gasteiger partial charge in [0.1, 0.15) is 0 Å². The third-order valence-electron chi connectivity index (χ3n) is 4.48. The van der Waals surface area contributed by atoms with Crippen LogP contribution in [0.1, 0.15) is 41.6 Å². The highest BCUT2D eigenvalue weighted by Gasteiger charge is 2.23. The summed E-state index contributed by atoms with van der Waals surface area (Å²) < 4.78 is 4.76. The van der Waals surface area contributed by atoms with Gasteiger partial charge in [0, 0.05) is 19.2 Å². The van der Waals surface area contributed by atoms with E-state index in [1.807, 2.05) is 18.2 Å². The topological polar surface area (TPSA) is 49.8 Å². The molecule has 1 aliphatic rings. The number of rotatable bonds is 5. The van der Waals surface area contributed by atoms with Crippen molar-refractivity contribution < 1.29 is 14.6 Å². The highest BCUT2D eigenvalue weighted by atomic mass is 16.5. The summed E-state index contributed by atoms with van der Waals surface area (Å²) in [4.78, 5) is 13.9. The maximum atomic E-state index is 11.6. The number of carbonyl (C=O) groups is 1. The lowest BCUT2D eigenvalue weighted by molar-refractivity contribution is 0.0600. The molecule has 0 atom stereocenters. The van der Waals surface area contributed by atoms with Gasteiger partial charge in [0.05, 0.1) is 12.7 Å². The molecule has 4 heteroatoms. The SMILES string of the molecule is COC(=O)c1cccc(CN(C)C2CCC(CO)CC2)c1. The molecule has 0 spiro atoms. The fraction of sp³-hybridized carbons (Fsp3) is 0.588. The Morgan fingerprint density at radius 3 is 2.67 bits per heavy atom. The third-order valence-corrected chi connectivity index (χ3v) is 4.48. The van der Waals surface area contributed by atoms with Crippen LogP contribution in [0.3, 0.4) is 0 Å². The Morgan fingerprint density at radius 2 is 2.05 bits per heavy atom. The number of benzene rings is 1. The van der Waals surface area contributed by atoms with E-state index in [2.05, 4.69) is 11.9 Å². The van der Waals surface area contributed by atoms with Gasteiger partial charge in [-0.25, -0.2) is 4.79 Å². The fourth-order valence-corrected chi connectivity index (χ4v) is 3.10. The van der Waals surface area contributed by atoms with Crippen molar-refractivity contribution in [2.45, 2.75) is 38.3 Å². The molecule has 0 heterocycles. The zero-order chi connectivity index (χ0) is 15.2. The number of esters is 1. The molecule has 0 aliphatic heterocycles. The molecule has 4 nitrogen and oxygen atoms in total. The average molecular weight is 291 g/mol. The smallest absolute Gasteiger partial charge is 0.337 e. The number of nitrogens with zero attached hydrogens (tertiary/aromatic N) is 1. The van der Waals surface area contributed by atoms with Gasteiger partial charge in [-0.05, 0) is 56.3 Å². The number of methoxy groups -OCH3 is 1. The molecule has 0 saturated heterocycles.